The van der Waals surface area contributed by atoms with Gasteiger partial charge >= 0.3 is 0 Å². The first-order valence-electron chi connectivity index (χ1n) is 15.0. The molecule has 2 aliphatic heterocycles. The second-order valence-electron chi connectivity index (χ2n) is 11.7. The van der Waals surface area contributed by atoms with E-state index in [1.54, 1.807) is 56.6 Å². The van der Waals surface area contributed by atoms with Crippen LogP contribution in [0.2, 0.25) is 0 Å². The van der Waals surface area contributed by atoms with E-state index in [0.29, 0.717) is 66.1 Å². The van der Waals surface area contributed by atoms with Crippen molar-refractivity contribution in [2.75, 3.05) is 27.8 Å². The molecule has 0 spiro atoms. The summed E-state index contributed by atoms with van der Waals surface area (Å²) in [5.74, 6) is -0.0144. The molecule has 1 fully saturated rings. The second-order valence-corrected chi connectivity index (χ2v) is 11.7. The largest absolute Gasteiger partial charge is 0.496 e. The Labute approximate surface area is 266 Å². The Kier molecular flexibility index (Phi) is 8.18. The van der Waals surface area contributed by atoms with Gasteiger partial charge in [0, 0.05) is 50.0 Å². The van der Waals surface area contributed by atoms with Gasteiger partial charge in [-0.15, -0.1) is 0 Å². The number of aryl methyl sites for hydroxylation is 1. The summed E-state index contributed by atoms with van der Waals surface area (Å²) in [6.45, 7) is 4.83. The highest BCUT2D eigenvalue weighted by Crippen LogP contribution is 2.38. The van der Waals surface area contributed by atoms with E-state index < -0.39 is 17.9 Å². The quantitative estimate of drug-likeness (QED) is 0.281. The number of methoxy groups -OCH3 is 2. The zero-order valence-corrected chi connectivity index (χ0v) is 26.3. The Hall–Kier alpha value is -5.29. The van der Waals surface area contributed by atoms with Crippen LogP contribution in [0.3, 0.4) is 0 Å². The smallest absolute Gasteiger partial charge is 0.262 e. The number of imide groups is 1. The van der Waals surface area contributed by atoms with E-state index in [4.69, 9.17) is 9.47 Å². The van der Waals surface area contributed by atoms with Crippen molar-refractivity contribution in [3.63, 3.8) is 0 Å². The van der Waals surface area contributed by atoms with E-state index in [-0.39, 0.29) is 11.5 Å². The summed E-state index contributed by atoms with van der Waals surface area (Å²) in [5, 5.41) is 3.98. The normalized spacial score (nSPS) is 16.3. The van der Waals surface area contributed by atoms with Crippen molar-refractivity contribution in [1.29, 1.82) is 0 Å². The average Bonchev–Trinajstić information content (AvgIpc) is 3.31. The van der Waals surface area contributed by atoms with Crippen LogP contribution >= 0.6 is 0 Å². The number of amides is 3. The molecule has 4 heterocycles. The number of ether oxygens (including phenoxy) is 2. The zero-order valence-electron chi connectivity index (χ0n) is 26.3. The van der Waals surface area contributed by atoms with Gasteiger partial charge in [0.05, 0.1) is 36.3 Å². The molecule has 11 heteroatoms. The second kappa shape index (κ2) is 12.2. The first-order chi connectivity index (χ1) is 22.1. The van der Waals surface area contributed by atoms with Crippen molar-refractivity contribution in [3.8, 4) is 22.6 Å². The molecule has 1 saturated heterocycles. The number of carbonyl (C=O) groups is 3. The number of nitrogens with one attached hydrogen (secondary N) is 1. The van der Waals surface area contributed by atoms with E-state index in [1.807, 2.05) is 31.3 Å². The number of aromatic nitrogens is 2. The Bertz CT molecular complexity index is 1960. The van der Waals surface area contributed by atoms with Crippen molar-refractivity contribution < 1.29 is 23.9 Å². The van der Waals surface area contributed by atoms with Gasteiger partial charge in [0.1, 0.15) is 17.5 Å². The summed E-state index contributed by atoms with van der Waals surface area (Å²) in [6.07, 6.45) is 6.40. The fourth-order valence-corrected chi connectivity index (χ4v) is 6.37. The molecule has 1 unspecified atom stereocenters. The van der Waals surface area contributed by atoms with E-state index in [0.717, 1.165) is 32.5 Å². The molecule has 1 N–H and O–H groups in total. The van der Waals surface area contributed by atoms with Gasteiger partial charge in [0.25, 0.3) is 17.4 Å². The lowest BCUT2D eigenvalue weighted by molar-refractivity contribution is -0.125. The number of allylic oxidation sites excluding steroid dienone is 1. The summed E-state index contributed by atoms with van der Waals surface area (Å²) in [7, 11) is 6.88. The van der Waals surface area contributed by atoms with Crippen LogP contribution in [0, 0.1) is 0 Å². The highest BCUT2D eigenvalue weighted by atomic mass is 16.5. The van der Waals surface area contributed by atoms with Gasteiger partial charge in [-0.05, 0) is 67.1 Å². The van der Waals surface area contributed by atoms with E-state index >= 15 is 0 Å². The summed E-state index contributed by atoms with van der Waals surface area (Å²) in [6, 6.07) is 10.1. The maximum absolute atomic E-state index is 13.6. The third kappa shape index (κ3) is 5.32. The van der Waals surface area contributed by atoms with Crippen molar-refractivity contribution >= 4 is 28.5 Å². The fraction of sp³-hybridized carbons (Fsp3) is 0.286. The van der Waals surface area contributed by atoms with Crippen LogP contribution in [0.25, 0.3) is 21.9 Å². The molecular weight excluding hydrogens is 586 g/mol. The van der Waals surface area contributed by atoms with Gasteiger partial charge in [0.15, 0.2) is 0 Å². The zero-order chi connectivity index (χ0) is 32.7. The van der Waals surface area contributed by atoms with Crippen molar-refractivity contribution in [3.05, 3.63) is 99.9 Å². The molecule has 3 amide bonds. The Morgan fingerprint density at radius 1 is 1.02 bits per heavy atom. The maximum Gasteiger partial charge on any atom is 0.262 e. The molecular formula is C35H35N5O6. The lowest BCUT2D eigenvalue weighted by Gasteiger charge is -2.29. The summed E-state index contributed by atoms with van der Waals surface area (Å²) >= 11 is 0. The first kappa shape index (κ1) is 30.7. The number of rotatable bonds is 9. The van der Waals surface area contributed by atoms with Crippen LogP contribution in [0.4, 0.5) is 0 Å². The van der Waals surface area contributed by atoms with Crippen LogP contribution in [0.1, 0.15) is 44.7 Å². The number of piperidine rings is 1. The minimum atomic E-state index is -0.855. The number of nitrogens with zero attached hydrogens (tertiary/aromatic N) is 4. The number of benzene rings is 2. The van der Waals surface area contributed by atoms with Crippen LogP contribution in [-0.4, -0.2) is 70.9 Å². The van der Waals surface area contributed by atoms with Crippen molar-refractivity contribution in [2.24, 2.45) is 7.05 Å². The SMILES string of the molecule is C=C1CCC(N2C(=O)c3cccc(CCN(C)Cc4c(OC)cc(-c5cn(C)c(=O)c6cnccc56)cc4OC)c3C2=O)C(=O)N1. The number of hydrogen-bond donors (Lipinski definition) is 1. The highest BCUT2D eigenvalue weighted by molar-refractivity contribution is 6.23. The van der Waals surface area contributed by atoms with Gasteiger partial charge in [-0.3, -0.25) is 29.1 Å². The number of likely N-dealkylation sites (N-methyl/N-ethyl adjacent to an activating group) is 1. The molecule has 0 radical (unpaired) electrons. The van der Waals surface area contributed by atoms with Crippen LogP contribution < -0.4 is 20.3 Å². The van der Waals surface area contributed by atoms with Crippen LogP contribution in [0.15, 0.2) is 72.1 Å². The topological polar surface area (TPSA) is 123 Å². The molecule has 2 aromatic carbocycles. The predicted molar refractivity (Wildman–Crippen MR) is 173 cm³/mol. The molecule has 6 rings (SSSR count). The minimum Gasteiger partial charge on any atom is -0.496 e. The van der Waals surface area contributed by atoms with Crippen molar-refractivity contribution in [2.45, 2.75) is 31.8 Å². The van der Waals surface area contributed by atoms with E-state index in [2.05, 4.69) is 21.8 Å². The third-order valence-corrected chi connectivity index (χ3v) is 8.76. The first-order valence-corrected chi connectivity index (χ1v) is 15.0. The molecule has 46 heavy (non-hydrogen) atoms. The molecule has 2 aliphatic rings. The molecule has 2 aromatic heterocycles. The standard InChI is InChI=1S/C35H35N5O6/c1-20-9-10-28(32(41)37-20)40-34(43)24-8-6-7-21(31(24)35(40)44)12-14-38(2)18-27-29(45-4)15-22(16-30(27)46-5)26-19-39(3)33(42)25-17-36-13-11-23(25)26/h6-8,11,13,15-17,19,28H,1,9-10,12,14,18H2,2-5H3,(H,37,41). The molecule has 0 saturated carbocycles. The molecule has 0 aliphatic carbocycles. The number of carbonyl (C=O) groups excluding carboxylic acids is 3. The molecule has 1 atom stereocenters. The van der Waals surface area contributed by atoms with Gasteiger partial charge in [0.2, 0.25) is 5.91 Å². The van der Waals surface area contributed by atoms with E-state index in [9.17, 15) is 19.2 Å². The van der Waals surface area contributed by atoms with Gasteiger partial charge < -0.3 is 24.3 Å². The fourth-order valence-electron chi connectivity index (χ4n) is 6.37. The van der Waals surface area contributed by atoms with Gasteiger partial charge in [-0.1, -0.05) is 18.7 Å². The number of hydrogen-bond acceptors (Lipinski definition) is 8. The third-order valence-electron chi connectivity index (χ3n) is 8.76. The molecule has 236 valence electrons. The molecule has 0 bridgehead atoms. The predicted octanol–water partition coefficient (Wildman–Crippen LogP) is 3.68. The van der Waals surface area contributed by atoms with Crippen molar-refractivity contribution in [1.82, 2.24) is 24.7 Å². The Morgan fingerprint density at radius 3 is 2.46 bits per heavy atom. The minimum absolute atomic E-state index is 0.127. The lowest BCUT2D eigenvalue weighted by atomic mass is 9.98. The summed E-state index contributed by atoms with van der Waals surface area (Å²) < 4.78 is 13.2. The van der Waals surface area contributed by atoms with E-state index in [1.165, 1.54) is 0 Å². The average molecular weight is 622 g/mol. The van der Waals surface area contributed by atoms with Gasteiger partial charge in [-0.25, -0.2) is 0 Å². The molecule has 4 aromatic rings. The number of pyridine rings is 2. The Balaban J connectivity index is 1.24. The van der Waals surface area contributed by atoms with Crippen LogP contribution in [-0.2, 0) is 24.8 Å². The summed E-state index contributed by atoms with van der Waals surface area (Å²) in [5.41, 5.74) is 4.40. The summed E-state index contributed by atoms with van der Waals surface area (Å²) in [4.78, 5) is 59.5. The van der Waals surface area contributed by atoms with Crippen LogP contribution in [0.5, 0.6) is 11.5 Å². The lowest BCUT2D eigenvalue weighted by Crippen LogP contribution is -2.51. The molecule has 11 nitrogen and oxygen atoms in total. The highest BCUT2D eigenvalue weighted by Gasteiger charge is 2.44. The maximum atomic E-state index is 13.6. The van der Waals surface area contributed by atoms with Gasteiger partial charge in [-0.2, -0.15) is 0 Å². The monoisotopic (exact) mass is 621 g/mol. The Morgan fingerprint density at radius 2 is 1.76 bits per heavy atom. The number of fused-ring (bicyclic) bond motifs is 2.